The molecule has 1 amide bonds. The molecule has 0 radical (unpaired) electrons. The molecule has 8 heteroatoms. The van der Waals surface area contributed by atoms with Crippen molar-refractivity contribution in [2.45, 2.75) is 32.2 Å². The van der Waals surface area contributed by atoms with Crippen molar-refractivity contribution in [3.8, 4) is 0 Å². The Hall–Kier alpha value is -2.28. The van der Waals surface area contributed by atoms with Gasteiger partial charge in [0.05, 0.1) is 13.0 Å². The Kier molecular flexibility index (Phi) is 9.41. The predicted molar refractivity (Wildman–Crippen MR) is 87.5 cm³/mol. The Morgan fingerprint density at radius 2 is 1.87 bits per heavy atom. The third-order valence-corrected chi connectivity index (χ3v) is 2.93. The van der Waals surface area contributed by atoms with E-state index >= 15 is 0 Å². The summed E-state index contributed by atoms with van der Waals surface area (Å²) in [5, 5.41) is 11.9. The standard InChI is InChI=1S/C15H20N2O5.ClH/c1-2-22-14(19)9-10-3-5-11(6-4-10)17-12(15(20)21)7-8-13(16)18;/h3-6,12,17H,2,7-9H2,1H3,(H2,16,18)(H,20,21);1H/t12-;/m0./s1. The summed E-state index contributed by atoms with van der Waals surface area (Å²) in [5.41, 5.74) is 6.38. The molecule has 1 atom stereocenters. The van der Waals surface area contributed by atoms with Gasteiger partial charge in [0.15, 0.2) is 0 Å². The Morgan fingerprint density at radius 3 is 2.35 bits per heavy atom. The lowest BCUT2D eigenvalue weighted by atomic mass is 10.1. The molecule has 1 rings (SSSR count). The van der Waals surface area contributed by atoms with Gasteiger partial charge in [-0.2, -0.15) is 0 Å². The molecule has 0 aliphatic heterocycles. The van der Waals surface area contributed by atoms with Crippen molar-refractivity contribution in [2.24, 2.45) is 5.73 Å². The third-order valence-electron chi connectivity index (χ3n) is 2.93. The number of carbonyl (C=O) groups excluding carboxylic acids is 2. The van der Waals surface area contributed by atoms with E-state index in [4.69, 9.17) is 15.6 Å². The van der Waals surface area contributed by atoms with Crippen LogP contribution in [0, 0.1) is 0 Å². The summed E-state index contributed by atoms with van der Waals surface area (Å²) in [6.45, 7) is 2.07. The van der Waals surface area contributed by atoms with E-state index in [-0.39, 0.29) is 37.6 Å². The van der Waals surface area contributed by atoms with Crippen molar-refractivity contribution in [3.05, 3.63) is 29.8 Å². The molecule has 0 aliphatic rings. The number of nitrogens with two attached hydrogens (primary N) is 1. The number of halogens is 1. The van der Waals surface area contributed by atoms with Crippen molar-refractivity contribution in [3.63, 3.8) is 0 Å². The van der Waals surface area contributed by atoms with Crippen LogP contribution in [-0.4, -0.2) is 35.6 Å². The summed E-state index contributed by atoms with van der Waals surface area (Å²) in [4.78, 5) is 33.2. The summed E-state index contributed by atoms with van der Waals surface area (Å²) in [7, 11) is 0. The summed E-state index contributed by atoms with van der Waals surface area (Å²) < 4.78 is 4.85. The Morgan fingerprint density at radius 1 is 1.26 bits per heavy atom. The summed E-state index contributed by atoms with van der Waals surface area (Å²) in [5.74, 6) is -1.91. The van der Waals surface area contributed by atoms with E-state index < -0.39 is 17.9 Å². The maximum absolute atomic E-state index is 11.4. The first-order valence-electron chi connectivity index (χ1n) is 6.94. The molecule has 0 spiro atoms. The van der Waals surface area contributed by atoms with Gasteiger partial charge in [0.2, 0.25) is 5.91 Å². The van der Waals surface area contributed by atoms with E-state index in [1.807, 2.05) is 0 Å². The fourth-order valence-corrected chi connectivity index (χ4v) is 1.84. The fourth-order valence-electron chi connectivity index (χ4n) is 1.84. The highest BCUT2D eigenvalue weighted by molar-refractivity contribution is 5.85. The van der Waals surface area contributed by atoms with Crippen molar-refractivity contribution >= 4 is 35.9 Å². The highest BCUT2D eigenvalue weighted by atomic mass is 35.5. The summed E-state index contributed by atoms with van der Waals surface area (Å²) in [6, 6.07) is 5.88. The largest absolute Gasteiger partial charge is 0.480 e. The van der Waals surface area contributed by atoms with E-state index in [9.17, 15) is 14.4 Å². The number of hydrogen-bond donors (Lipinski definition) is 3. The van der Waals surface area contributed by atoms with E-state index in [0.717, 1.165) is 5.56 Å². The van der Waals surface area contributed by atoms with Crippen molar-refractivity contribution in [1.29, 1.82) is 0 Å². The number of hydrogen-bond acceptors (Lipinski definition) is 5. The molecule has 0 saturated heterocycles. The van der Waals surface area contributed by atoms with Crippen LogP contribution in [0.25, 0.3) is 0 Å². The van der Waals surface area contributed by atoms with Crippen LogP contribution in [0.1, 0.15) is 25.3 Å². The average Bonchev–Trinajstić information content (AvgIpc) is 2.45. The molecule has 0 bridgehead atoms. The molecule has 0 aliphatic carbocycles. The van der Waals surface area contributed by atoms with Crippen molar-refractivity contribution < 1.29 is 24.2 Å². The van der Waals surface area contributed by atoms with Crippen LogP contribution in [-0.2, 0) is 25.5 Å². The molecule has 1 aromatic rings. The zero-order chi connectivity index (χ0) is 16.5. The van der Waals surface area contributed by atoms with Crippen molar-refractivity contribution in [2.75, 3.05) is 11.9 Å². The van der Waals surface area contributed by atoms with Gasteiger partial charge in [0, 0.05) is 12.1 Å². The van der Waals surface area contributed by atoms with Crippen LogP contribution in [0.5, 0.6) is 0 Å². The van der Waals surface area contributed by atoms with Gasteiger partial charge in [-0.3, -0.25) is 9.59 Å². The molecule has 7 nitrogen and oxygen atoms in total. The number of anilines is 1. The Labute approximate surface area is 140 Å². The molecule has 0 unspecified atom stereocenters. The smallest absolute Gasteiger partial charge is 0.326 e. The molecule has 0 saturated carbocycles. The first kappa shape index (κ1) is 20.7. The van der Waals surface area contributed by atoms with Gasteiger partial charge in [-0.05, 0) is 31.0 Å². The lowest BCUT2D eigenvalue weighted by molar-refractivity contribution is -0.142. The van der Waals surface area contributed by atoms with E-state index in [1.54, 1.807) is 31.2 Å². The molecular formula is C15H21ClN2O5. The molecule has 0 fully saturated rings. The second-order valence-electron chi connectivity index (χ2n) is 4.72. The van der Waals surface area contributed by atoms with Crippen LogP contribution >= 0.6 is 12.4 Å². The average molecular weight is 345 g/mol. The van der Waals surface area contributed by atoms with Crippen LogP contribution in [0.15, 0.2) is 24.3 Å². The van der Waals surface area contributed by atoms with Gasteiger partial charge in [0.1, 0.15) is 6.04 Å². The SMILES string of the molecule is CCOC(=O)Cc1ccc(N[C@@H](CCC(N)=O)C(=O)O)cc1.Cl. The normalized spacial score (nSPS) is 11.0. The summed E-state index contributed by atoms with van der Waals surface area (Å²) in [6.07, 6.45) is 0.262. The van der Waals surface area contributed by atoms with E-state index in [0.29, 0.717) is 12.3 Å². The molecule has 0 heterocycles. The van der Waals surface area contributed by atoms with E-state index in [1.165, 1.54) is 0 Å². The topological polar surface area (TPSA) is 119 Å². The molecule has 1 aromatic carbocycles. The number of primary amides is 1. The number of esters is 1. The number of carbonyl (C=O) groups is 3. The lowest BCUT2D eigenvalue weighted by Crippen LogP contribution is -2.30. The number of carboxylic acids is 1. The molecule has 4 N–H and O–H groups in total. The number of nitrogens with one attached hydrogen (secondary N) is 1. The van der Waals surface area contributed by atoms with Gasteiger partial charge >= 0.3 is 11.9 Å². The van der Waals surface area contributed by atoms with E-state index in [2.05, 4.69) is 5.32 Å². The minimum atomic E-state index is -1.06. The van der Waals surface area contributed by atoms with Gasteiger partial charge in [-0.1, -0.05) is 12.1 Å². The third kappa shape index (κ3) is 8.06. The molecule has 0 aromatic heterocycles. The Bertz CT molecular complexity index is 533. The van der Waals surface area contributed by atoms with Crippen LogP contribution < -0.4 is 11.1 Å². The predicted octanol–water partition coefficient (Wildman–Crippen LogP) is 1.34. The number of carboxylic acid groups (broad SMARTS) is 1. The maximum atomic E-state index is 11.4. The maximum Gasteiger partial charge on any atom is 0.326 e. The first-order chi connectivity index (χ1) is 10.4. The molecular weight excluding hydrogens is 324 g/mol. The second kappa shape index (κ2) is 10.4. The van der Waals surface area contributed by atoms with Crippen molar-refractivity contribution in [1.82, 2.24) is 0 Å². The zero-order valence-electron chi connectivity index (χ0n) is 12.8. The van der Waals surface area contributed by atoms with Crippen LogP contribution in [0.4, 0.5) is 5.69 Å². The minimum Gasteiger partial charge on any atom is -0.480 e. The number of ether oxygens (including phenoxy) is 1. The minimum absolute atomic E-state index is 0. The first-order valence-corrected chi connectivity index (χ1v) is 6.94. The summed E-state index contributed by atoms with van der Waals surface area (Å²) >= 11 is 0. The Balaban J connectivity index is 0.00000484. The lowest BCUT2D eigenvalue weighted by Gasteiger charge is -2.15. The zero-order valence-corrected chi connectivity index (χ0v) is 13.6. The number of rotatable bonds is 9. The molecule has 128 valence electrons. The monoisotopic (exact) mass is 344 g/mol. The van der Waals surface area contributed by atoms with Gasteiger partial charge < -0.3 is 20.9 Å². The van der Waals surface area contributed by atoms with Gasteiger partial charge in [-0.15, -0.1) is 12.4 Å². The van der Waals surface area contributed by atoms with Crippen LogP contribution in [0.3, 0.4) is 0 Å². The highest BCUT2D eigenvalue weighted by Gasteiger charge is 2.17. The van der Waals surface area contributed by atoms with Gasteiger partial charge in [0.25, 0.3) is 0 Å². The van der Waals surface area contributed by atoms with Gasteiger partial charge in [-0.25, -0.2) is 4.79 Å². The quantitative estimate of drug-likeness (QED) is 0.582. The number of aliphatic carboxylic acids is 1. The number of amides is 1. The molecule has 23 heavy (non-hydrogen) atoms. The highest BCUT2D eigenvalue weighted by Crippen LogP contribution is 2.13. The fraction of sp³-hybridized carbons (Fsp3) is 0.400. The number of benzene rings is 1. The van der Waals surface area contributed by atoms with Crippen LogP contribution in [0.2, 0.25) is 0 Å². The second-order valence-corrected chi connectivity index (χ2v) is 4.72.